The van der Waals surface area contributed by atoms with Crippen molar-refractivity contribution in [1.29, 1.82) is 0 Å². The first kappa shape index (κ1) is 16.0. The van der Waals surface area contributed by atoms with E-state index in [4.69, 9.17) is 4.74 Å². The fraction of sp³-hybridized carbons (Fsp3) is 0.353. The van der Waals surface area contributed by atoms with Crippen molar-refractivity contribution in [3.63, 3.8) is 0 Å². The van der Waals surface area contributed by atoms with Gasteiger partial charge >= 0.3 is 0 Å². The van der Waals surface area contributed by atoms with E-state index in [1.165, 1.54) is 0 Å². The van der Waals surface area contributed by atoms with Gasteiger partial charge < -0.3 is 15.0 Å². The van der Waals surface area contributed by atoms with Gasteiger partial charge in [-0.25, -0.2) is 0 Å². The molecule has 1 fully saturated rings. The van der Waals surface area contributed by atoms with Crippen molar-refractivity contribution in [2.75, 3.05) is 25.1 Å². The molecular weight excluding hydrogens is 308 g/mol. The average Bonchev–Trinajstić information content (AvgIpc) is 3.24. The maximum Gasteiger partial charge on any atom is 0.227 e. The molecule has 0 unspecified atom stereocenters. The number of ether oxygens (including phenoxy) is 1. The van der Waals surface area contributed by atoms with Gasteiger partial charge in [-0.1, -0.05) is 0 Å². The van der Waals surface area contributed by atoms with Crippen molar-refractivity contribution in [1.82, 2.24) is 15.1 Å². The van der Waals surface area contributed by atoms with E-state index in [1.807, 2.05) is 24.4 Å². The summed E-state index contributed by atoms with van der Waals surface area (Å²) in [5, 5.41) is 6.96. The van der Waals surface area contributed by atoms with Gasteiger partial charge in [-0.05, 0) is 30.3 Å². The molecule has 0 aliphatic carbocycles. The van der Waals surface area contributed by atoms with Gasteiger partial charge in [0, 0.05) is 37.6 Å². The highest BCUT2D eigenvalue weighted by Crippen LogP contribution is 2.26. The number of benzene rings is 1. The van der Waals surface area contributed by atoms with E-state index in [0.717, 1.165) is 11.4 Å². The second-order valence-electron chi connectivity index (χ2n) is 5.66. The first-order valence-electron chi connectivity index (χ1n) is 7.87. The molecule has 24 heavy (non-hydrogen) atoms. The number of nitrogens with zero attached hydrogens (tertiary/aromatic N) is 3. The third-order valence-corrected chi connectivity index (χ3v) is 4.08. The standard InChI is InChI=1S/C17H20N4O3/c1-24-15-5-3-14(4-6-15)21-12-13(11-16(21)22)17(23)18-8-10-20-9-2-7-19-20/h2-7,9,13H,8,10-12H2,1H3,(H,18,23)/t13-/m0/s1. The molecule has 3 rings (SSSR count). The van der Waals surface area contributed by atoms with Crippen LogP contribution >= 0.6 is 0 Å². The van der Waals surface area contributed by atoms with Gasteiger partial charge in [0.15, 0.2) is 0 Å². The van der Waals surface area contributed by atoms with E-state index in [9.17, 15) is 9.59 Å². The number of aromatic nitrogens is 2. The number of hydrogen-bond donors (Lipinski definition) is 1. The molecule has 1 aromatic carbocycles. The largest absolute Gasteiger partial charge is 0.497 e. The highest BCUT2D eigenvalue weighted by molar-refractivity contribution is 6.00. The lowest BCUT2D eigenvalue weighted by Gasteiger charge is -2.17. The summed E-state index contributed by atoms with van der Waals surface area (Å²) in [5.41, 5.74) is 0.785. The van der Waals surface area contributed by atoms with Gasteiger partial charge in [0.1, 0.15) is 5.75 Å². The number of rotatable bonds is 6. The van der Waals surface area contributed by atoms with Crippen molar-refractivity contribution < 1.29 is 14.3 Å². The molecule has 0 spiro atoms. The molecule has 126 valence electrons. The SMILES string of the molecule is COc1ccc(N2C[C@@H](C(=O)NCCn3cccn3)CC2=O)cc1. The van der Waals surface area contributed by atoms with Crippen LogP contribution in [0.2, 0.25) is 0 Å². The topological polar surface area (TPSA) is 76.5 Å². The lowest BCUT2D eigenvalue weighted by Crippen LogP contribution is -2.34. The van der Waals surface area contributed by atoms with E-state index in [0.29, 0.717) is 19.6 Å². The number of hydrogen-bond acceptors (Lipinski definition) is 4. The number of carbonyl (C=O) groups excluding carboxylic acids is 2. The molecule has 1 saturated heterocycles. The summed E-state index contributed by atoms with van der Waals surface area (Å²) >= 11 is 0. The van der Waals surface area contributed by atoms with Crippen molar-refractivity contribution >= 4 is 17.5 Å². The Bertz CT molecular complexity index is 697. The second kappa shape index (κ2) is 7.16. The molecule has 2 amide bonds. The van der Waals surface area contributed by atoms with Crippen molar-refractivity contribution in [2.45, 2.75) is 13.0 Å². The lowest BCUT2D eigenvalue weighted by molar-refractivity contribution is -0.126. The molecule has 1 N–H and O–H groups in total. The van der Waals surface area contributed by atoms with Gasteiger partial charge in [0.25, 0.3) is 0 Å². The zero-order valence-corrected chi connectivity index (χ0v) is 13.5. The van der Waals surface area contributed by atoms with Crippen LogP contribution in [0, 0.1) is 5.92 Å². The van der Waals surface area contributed by atoms with Crippen molar-refractivity contribution in [3.05, 3.63) is 42.7 Å². The molecule has 1 aliphatic heterocycles. The Balaban J connectivity index is 1.54. The summed E-state index contributed by atoms with van der Waals surface area (Å²) in [6, 6.07) is 9.10. The smallest absolute Gasteiger partial charge is 0.227 e. The van der Waals surface area contributed by atoms with E-state index in [1.54, 1.807) is 35.0 Å². The van der Waals surface area contributed by atoms with Gasteiger partial charge in [-0.15, -0.1) is 0 Å². The fourth-order valence-corrected chi connectivity index (χ4v) is 2.77. The van der Waals surface area contributed by atoms with Crippen LogP contribution in [0.4, 0.5) is 5.69 Å². The monoisotopic (exact) mass is 328 g/mol. The summed E-state index contributed by atoms with van der Waals surface area (Å²) < 4.78 is 6.87. The highest BCUT2D eigenvalue weighted by Gasteiger charge is 2.34. The maximum atomic E-state index is 12.3. The van der Waals surface area contributed by atoms with Gasteiger partial charge in [-0.3, -0.25) is 14.3 Å². The quantitative estimate of drug-likeness (QED) is 0.860. The number of anilines is 1. The fourth-order valence-electron chi connectivity index (χ4n) is 2.77. The minimum atomic E-state index is -0.322. The zero-order valence-electron chi connectivity index (χ0n) is 13.5. The van der Waals surface area contributed by atoms with Crippen LogP contribution in [0.1, 0.15) is 6.42 Å². The van der Waals surface area contributed by atoms with Gasteiger partial charge in [0.2, 0.25) is 11.8 Å². The maximum absolute atomic E-state index is 12.3. The number of methoxy groups -OCH3 is 1. The number of nitrogens with one attached hydrogen (secondary N) is 1. The second-order valence-corrected chi connectivity index (χ2v) is 5.66. The van der Waals surface area contributed by atoms with E-state index >= 15 is 0 Å². The van der Waals surface area contributed by atoms with Gasteiger partial charge in [0.05, 0.1) is 19.6 Å². The first-order chi connectivity index (χ1) is 11.7. The molecular formula is C17H20N4O3. The van der Waals surface area contributed by atoms with Crippen LogP contribution in [0.15, 0.2) is 42.7 Å². The van der Waals surface area contributed by atoms with Crippen molar-refractivity contribution in [3.8, 4) is 5.75 Å². The molecule has 7 nitrogen and oxygen atoms in total. The first-order valence-corrected chi connectivity index (χ1v) is 7.87. The van der Waals surface area contributed by atoms with Crippen LogP contribution < -0.4 is 15.0 Å². The number of amides is 2. The van der Waals surface area contributed by atoms with E-state index in [2.05, 4.69) is 10.4 Å². The minimum Gasteiger partial charge on any atom is -0.497 e. The van der Waals surface area contributed by atoms with E-state index in [-0.39, 0.29) is 24.2 Å². The predicted octanol–water partition coefficient (Wildman–Crippen LogP) is 1.06. The Labute approximate surface area is 140 Å². The summed E-state index contributed by atoms with van der Waals surface area (Å²) in [7, 11) is 1.60. The Kier molecular flexibility index (Phi) is 4.79. The normalized spacial score (nSPS) is 17.1. The molecule has 1 atom stereocenters. The van der Waals surface area contributed by atoms with Crippen LogP contribution in [-0.4, -0.2) is 41.8 Å². The predicted molar refractivity (Wildman–Crippen MR) is 88.7 cm³/mol. The highest BCUT2D eigenvalue weighted by atomic mass is 16.5. The molecule has 0 bridgehead atoms. The van der Waals surface area contributed by atoms with Crippen molar-refractivity contribution in [2.24, 2.45) is 5.92 Å². The average molecular weight is 328 g/mol. The Morgan fingerprint density at radius 2 is 2.17 bits per heavy atom. The third kappa shape index (κ3) is 3.56. The van der Waals surface area contributed by atoms with E-state index < -0.39 is 0 Å². The zero-order chi connectivity index (χ0) is 16.9. The minimum absolute atomic E-state index is 0.0348. The molecule has 2 heterocycles. The van der Waals surface area contributed by atoms with Crippen LogP contribution in [0.5, 0.6) is 5.75 Å². The molecule has 0 saturated carbocycles. The summed E-state index contributed by atoms with van der Waals surface area (Å²) in [6.07, 6.45) is 3.78. The molecule has 7 heteroatoms. The Hall–Kier alpha value is -2.83. The Morgan fingerprint density at radius 1 is 1.38 bits per heavy atom. The van der Waals surface area contributed by atoms with Gasteiger partial charge in [-0.2, -0.15) is 5.10 Å². The van der Waals surface area contributed by atoms with Crippen LogP contribution in [-0.2, 0) is 16.1 Å². The summed E-state index contributed by atoms with van der Waals surface area (Å²) in [5.74, 6) is 0.287. The lowest BCUT2D eigenvalue weighted by atomic mass is 10.1. The summed E-state index contributed by atoms with van der Waals surface area (Å²) in [4.78, 5) is 26.1. The Morgan fingerprint density at radius 3 is 2.83 bits per heavy atom. The molecule has 1 aliphatic rings. The third-order valence-electron chi connectivity index (χ3n) is 4.08. The van der Waals surface area contributed by atoms with Crippen LogP contribution in [0.3, 0.4) is 0 Å². The molecule has 0 radical (unpaired) electrons. The number of carbonyl (C=O) groups is 2. The summed E-state index contributed by atoms with van der Waals surface area (Å²) in [6.45, 7) is 1.51. The van der Waals surface area contributed by atoms with Crippen LogP contribution in [0.25, 0.3) is 0 Å². The molecule has 2 aromatic rings. The molecule has 1 aromatic heterocycles.